The molecule has 140 valence electrons. The Hall–Kier alpha value is -2.73. The van der Waals surface area contributed by atoms with Crippen molar-refractivity contribution >= 4 is 34.3 Å². The number of hydrogen-bond acceptors (Lipinski definition) is 5. The molecule has 5 nitrogen and oxygen atoms in total. The molecule has 3 rings (SSSR count). The lowest BCUT2D eigenvalue weighted by atomic mass is 10.1. The van der Waals surface area contributed by atoms with Crippen molar-refractivity contribution in [1.29, 1.82) is 0 Å². The summed E-state index contributed by atoms with van der Waals surface area (Å²) in [7, 11) is 3.15. The van der Waals surface area contributed by atoms with Gasteiger partial charge in [0.2, 0.25) is 5.91 Å². The van der Waals surface area contributed by atoms with Crippen molar-refractivity contribution in [2.45, 2.75) is 18.9 Å². The fourth-order valence-corrected chi connectivity index (χ4v) is 3.53. The van der Waals surface area contributed by atoms with E-state index in [2.05, 4.69) is 29.6 Å². The number of anilines is 1. The molecule has 0 saturated carbocycles. The standard InChI is InChI=1S/C21H22N2O3S/c1-13-5-6-15-10-14(2)21(23-17(15)9-13)27-12-20(24)22-18-11-16(25-3)7-8-19(18)26-4/h5-11H,12H2,1-4H3,(H,22,24). The van der Waals surface area contributed by atoms with Crippen molar-refractivity contribution in [3.05, 3.63) is 53.6 Å². The number of carbonyl (C=O) groups is 1. The molecule has 0 radical (unpaired) electrons. The van der Waals surface area contributed by atoms with Gasteiger partial charge in [-0.15, -0.1) is 0 Å². The van der Waals surface area contributed by atoms with E-state index in [1.54, 1.807) is 32.4 Å². The third-order valence-electron chi connectivity index (χ3n) is 4.14. The van der Waals surface area contributed by atoms with Crippen LogP contribution in [0.25, 0.3) is 10.9 Å². The molecule has 1 N–H and O–H groups in total. The molecule has 0 aliphatic carbocycles. The average Bonchev–Trinajstić information content (AvgIpc) is 2.66. The molecule has 0 bridgehead atoms. The Morgan fingerprint density at radius 3 is 2.63 bits per heavy atom. The number of pyridine rings is 1. The van der Waals surface area contributed by atoms with Gasteiger partial charge in [0, 0.05) is 11.5 Å². The van der Waals surface area contributed by atoms with Crippen LogP contribution < -0.4 is 14.8 Å². The van der Waals surface area contributed by atoms with E-state index in [1.165, 1.54) is 11.8 Å². The van der Waals surface area contributed by atoms with E-state index in [0.717, 1.165) is 27.1 Å². The van der Waals surface area contributed by atoms with Gasteiger partial charge < -0.3 is 14.8 Å². The van der Waals surface area contributed by atoms with Gasteiger partial charge in [0.25, 0.3) is 0 Å². The van der Waals surface area contributed by atoms with E-state index in [4.69, 9.17) is 14.5 Å². The minimum absolute atomic E-state index is 0.128. The Labute approximate surface area is 163 Å². The van der Waals surface area contributed by atoms with Gasteiger partial charge in [-0.25, -0.2) is 4.98 Å². The van der Waals surface area contributed by atoms with Crippen LogP contribution in [-0.2, 0) is 4.79 Å². The SMILES string of the molecule is COc1ccc(OC)c(NC(=O)CSc2nc3cc(C)ccc3cc2C)c1. The quantitative estimate of drug-likeness (QED) is 0.632. The van der Waals surface area contributed by atoms with E-state index in [0.29, 0.717) is 17.2 Å². The number of thioether (sulfide) groups is 1. The maximum Gasteiger partial charge on any atom is 0.234 e. The van der Waals surface area contributed by atoms with Crippen LogP contribution >= 0.6 is 11.8 Å². The highest BCUT2D eigenvalue weighted by atomic mass is 32.2. The van der Waals surface area contributed by atoms with Gasteiger partial charge in [-0.2, -0.15) is 0 Å². The summed E-state index contributed by atoms with van der Waals surface area (Å²) in [5.74, 6) is 1.37. The zero-order valence-corrected chi connectivity index (χ0v) is 16.6. The van der Waals surface area contributed by atoms with Gasteiger partial charge in [-0.1, -0.05) is 23.9 Å². The van der Waals surface area contributed by atoms with Crippen molar-refractivity contribution in [2.75, 3.05) is 25.3 Å². The maximum absolute atomic E-state index is 12.4. The topological polar surface area (TPSA) is 60.5 Å². The number of ether oxygens (including phenoxy) is 2. The van der Waals surface area contributed by atoms with Crippen LogP contribution in [0, 0.1) is 13.8 Å². The molecule has 0 atom stereocenters. The molecule has 6 heteroatoms. The Kier molecular flexibility index (Phi) is 5.86. The van der Waals surface area contributed by atoms with Crippen LogP contribution in [0.3, 0.4) is 0 Å². The average molecular weight is 382 g/mol. The van der Waals surface area contributed by atoms with Gasteiger partial charge in [-0.3, -0.25) is 4.79 Å². The molecule has 0 spiro atoms. The van der Waals surface area contributed by atoms with Crippen molar-refractivity contribution in [3.63, 3.8) is 0 Å². The van der Waals surface area contributed by atoms with Gasteiger partial charge in [0.05, 0.1) is 31.2 Å². The molecule has 3 aromatic rings. The highest BCUT2D eigenvalue weighted by Crippen LogP contribution is 2.30. The molecule has 1 heterocycles. The Balaban J connectivity index is 1.72. The maximum atomic E-state index is 12.4. The number of benzene rings is 2. The number of carbonyl (C=O) groups excluding carboxylic acids is 1. The first-order chi connectivity index (χ1) is 13.0. The zero-order valence-electron chi connectivity index (χ0n) is 15.8. The van der Waals surface area contributed by atoms with Crippen molar-refractivity contribution < 1.29 is 14.3 Å². The molecule has 0 aliphatic rings. The summed E-state index contributed by atoms with van der Waals surface area (Å²) in [6, 6.07) is 13.6. The molecule has 27 heavy (non-hydrogen) atoms. The van der Waals surface area contributed by atoms with Crippen LogP contribution in [0.5, 0.6) is 11.5 Å². The third kappa shape index (κ3) is 4.52. The number of hydrogen-bond donors (Lipinski definition) is 1. The Morgan fingerprint density at radius 2 is 1.89 bits per heavy atom. The summed E-state index contributed by atoms with van der Waals surface area (Å²) in [6.07, 6.45) is 0. The van der Waals surface area contributed by atoms with Crippen molar-refractivity contribution in [1.82, 2.24) is 4.98 Å². The van der Waals surface area contributed by atoms with Gasteiger partial charge in [0.15, 0.2) is 0 Å². The van der Waals surface area contributed by atoms with Gasteiger partial charge >= 0.3 is 0 Å². The number of nitrogens with zero attached hydrogens (tertiary/aromatic N) is 1. The van der Waals surface area contributed by atoms with Crippen LogP contribution in [0.1, 0.15) is 11.1 Å². The molecular weight excluding hydrogens is 360 g/mol. The minimum atomic E-state index is -0.128. The normalized spacial score (nSPS) is 10.7. The van der Waals surface area contributed by atoms with Crippen molar-refractivity contribution in [2.24, 2.45) is 0 Å². The van der Waals surface area contributed by atoms with E-state index in [-0.39, 0.29) is 11.7 Å². The molecule has 0 aliphatic heterocycles. The summed E-state index contributed by atoms with van der Waals surface area (Å²) in [4.78, 5) is 17.1. The van der Waals surface area contributed by atoms with Crippen LogP contribution in [0.4, 0.5) is 5.69 Å². The number of amides is 1. The van der Waals surface area contributed by atoms with E-state index in [1.807, 2.05) is 13.8 Å². The minimum Gasteiger partial charge on any atom is -0.497 e. The summed E-state index contributed by atoms with van der Waals surface area (Å²) >= 11 is 1.42. The summed E-state index contributed by atoms with van der Waals surface area (Å²) in [6.45, 7) is 4.06. The fourth-order valence-electron chi connectivity index (χ4n) is 2.74. The van der Waals surface area contributed by atoms with Crippen molar-refractivity contribution in [3.8, 4) is 11.5 Å². The number of aromatic nitrogens is 1. The Bertz CT molecular complexity index is 989. The van der Waals surface area contributed by atoms with Gasteiger partial charge in [-0.05, 0) is 49.2 Å². The summed E-state index contributed by atoms with van der Waals surface area (Å²) in [5.41, 5.74) is 3.75. The molecule has 1 aromatic heterocycles. The first-order valence-electron chi connectivity index (χ1n) is 8.53. The first-order valence-corrected chi connectivity index (χ1v) is 9.51. The molecule has 2 aromatic carbocycles. The fraction of sp³-hybridized carbons (Fsp3) is 0.238. The Morgan fingerprint density at radius 1 is 1.07 bits per heavy atom. The number of fused-ring (bicyclic) bond motifs is 1. The summed E-state index contributed by atoms with van der Waals surface area (Å²) in [5, 5.41) is 4.85. The van der Waals surface area contributed by atoms with Crippen LogP contribution in [0.2, 0.25) is 0 Å². The molecule has 0 unspecified atom stereocenters. The van der Waals surface area contributed by atoms with Gasteiger partial charge in [0.1, 0.15) is 16.5 Å². The largest absolute Gasteiger partial charge is 0.497 e. The molecule has 1 amide bonds. The number of aryl methyl sites for hydroxylation is 2. The van der Waals surface area contributed by atoms with Crippen LogP contribution in [-0.4, -0.2) is 30.9 Å². The lowest BCUT2D eigenvalue weighted by Gasteiger charge is -2.12. The summed E-state index contributed by atoms with van der Waals surface area (Å²) < 4.78 is 10.5. The second-order valence-electron chi connectivity index (χ2n) is 6.21. The highest BCUT2D eigenvalue weighted by Gasteiger charge is 2.12. The van der Waals surface area contributed by atoms with E-state index >= 15 is 0 Å². The monoisotopic (exact) mass is 382 g/mol. The smallest absolute Gasteiger partial charge is 0.234 e. The first kappa shape index (κ1) is 19.0. The predicted octanol–water partition coefficient (Wildman–Crippen LogP) is 4.60. The zero-order chi connectivity index (χ0) is 19.4. The number of nitrogens with one attached hydrogen (secondary N) is 1. The molecular formula is C21H22N2O3S. The highest BCUT2D eigenvalue weighted by molar-refractivity contribution is 8.00. The number of methoxy groups -OCH3 is 2. The molecule has 0 saturated heterocycles. The second kappa shape index (κ2) is 8.31. The predicted molar refractivity (Wildman–Crippen MR) is 110 cm³/mol. The van der Waals surface area contributed by atoms with Crippen LogP contribution in [0.15, 0.2) is 47.5 Å². The number of rotatable bonds is 6. The van der Waals surface area contributed by atoms with E-state index in [9.17, 15) is 4.79 Å². The lowest BCUT2D eigenvalue weighted by Crippen LogP contribution is -2.15. The third-order valence-corrected chi connectivity index (χ3v) is 5.23. The molecule has 0 fully saturated rings. The second-order valence-corrected chi connectivity index (χ2v) is 7.17. The van der Waals surface area contributed by atoms with E-state index < -0.39 is 0 Å². The lowest BCUT2D eigenvalue weighted by molar-refractivity contribution is -0.113.